The maximum atomic E-state index is 12.9. The molecule has 0 aromatic heterocycles. The normalized spacial score (nSPS) is 10.9. The number of carbonyl (C=O) groups is 1. The molecule has 200 valence electrons. The van der Waals surface area contributed by atoms with E-state index >= 15 is 0 Å². The predicted octanol–water partition coefficient (Wildman–Crippen LogP) is 5.14. The van der Waals surface area contributed by atoms with E-state index in [1.54, 1.807) is 58.8 Å². The van der Waals surface area contributed by atoms with Crippen LogP contribution in [0.2, 0.25) is 0 Å². The van der Waals surface area contributed by atoms with Gasteiger partial charge in [0.15, 0.2) is 23.0 Å². The van der Waals surface area contributed by atoms with Crippen LogP contribution in [0.25, 0.3) is 18.2 Å². The first-order valence-corrected chi connectivity index (χ1v) is 11.5. The van der Waals surface area contributed by atoms with Crippen molar-refractivity contribution in [2.75, 3.05) is 53.7 Å². The van der Waals surface area contributed by atoms with Crippen molar-refractivity contribution < 1.29 is 33.2 Å². The molecule has 0 aliphatic rings. The first kappa shape index (κ1) is 27.8. The molecular weight excluding hydrogens is 488 g/mol. The van der Waals surface area contributed by atoms with E-state index in [2.05, 4.69) is 5.32 Å². The van der Waals surface area contributed by atoms with Gasteiger partial charge in [0.1, 0.15) is 5.75 Å². The lowest BCUT2D eigenvalue weighted by atomic mass is 10.1. The van der Waals surface area contributed by atoms with E-state index in [9.17, 15) is 4.79 Å². The SMILES string of the molecule is COc1ccc(/C=C\C(=O)Nc2c(/C=C\c3cc(OC)c(OC)c(OC)c3)ccc(OC)c2OC)cc1N. The average Bonchev–Trinajstić information content (AvgIpc) is 2.94. The topological polar surface area (TPSA) is 111 Å². The van der Waals surface area contributed by atoms with Crippen LogP contribution in [-0.2, 0) is 4.79 Å². The number of nitrogens with one attached hydrogen (secondary N) is 1. The van der Waals surface area contributed by atoms with Crippen molar-refractivity contribution in [2.45, 2.75) is 0 Å². The van der Waals surface area contributed by atoms with E-state index in [0.717, 1.165) is 11.1 Å². The predicted molar refractivity (Wildman–Crippen MR) is 150 cm³/mol. The minimum Gasteiger partial charge on any atom is -0.495 e. The monoisotopic (exact) mass is 520 g/mol. The molecule has 0 heterocycles. The van der Waals surface area contributed by atoms with Gasteiger partial charge in [-0.15, -0.1) is 0 Å². The molecule has 3 aromatic carbocycles. The van der Waals surface area contributed by atoms with E-state index in [-0.39, 0.29) is 5.91 Å². The molecule has 0 bridgehead atoms. The number of benzene rings is 3. The van der Waals surface area contributed by atoms with E-state index in [1.165, 1.54) is 20.3 Å². The van der Waals surface area contributed by atoms with Crippen molar-refractivity contribution >= 4 is 35.5 Å². The Hall–Kier alpha value is -4.79. The summed E-state index contributed by atoms with van der Waals surface area (Å²) in [6, 6.07) is 12.5. The number of rotatable bonds is 11. The quantitative estimate of drug-likeness (QED) is 0.203. The van der Waals surface area contributed by atoms with Crippen molar-refractivity contribution in [1.82, 2.24) is 0 Å². The summed E-state index contributed by atoms with van der Waals surface area (Å²) in [5, 5.41) is 2.90. The van der Waals surface area contributed by atoms with E-state index in [0.29, 0.717) is 51.4 Å². The summed E-state index contributed by atoms with van der Waals surface area (Å²) in [4.78, 5) is 12.9. The Kier molecular flexibility index (Phi) is 9.48. The minimum atomic E-state index is -0.367. The zero-order valence-corrected chi connectivity index (χ0v) is 22.3. The number of nitrogens with two attached hydrogens (primary N) is 1. The second kappa shape index (κ2) is 13.0. The van der Waals surface area contributed by atoms with Crippen molar-refractivity contribution in [2.24, 2.45) is 0 Å². The Morgan fingerprint density at radius 3 is 1.82 bits per heavy atom. The van der Waals surface area contributed by atoms with Gasteiger partial charge in [0, 0.05) is 11.6 Å². The summed E-state index contributed by atoms with van der Waals surface area (Å²) in [5.74, 6) is 2.60. The molecule has 0 aliphatic carbocycles. The summed E-state index contributed by atoms with van der Waals surface area (Å²) >= 11 is 0. The highest BCUT2D eigenvalue weighted by Crippen LogP contribution is 2.41. The molecular formula is C29H32N2O7. The molecule has 0 radical (unpaired) electrons. The third-order valence-corrected chi connectivity index (χ3v) is 5.65. The van der Waals surface area contributed by atoms with Gasteiger partial charge in [0.25, 0.3) is 0 Å². The van der Waals surface area contributed by atoms with Crippen LogP contribution in [0.15, 0.2) is 48.5 Å². The number of carbonyl (C=O) groups excluding carboxylic acids is 1. The molecule has 0 saturated heterocycles. The Bertz CT molecular complexity index is 1320. The van der Waals surface area contributed by atoms with Crippen molar-refractivity contribution in [3.8, 4) is 34.5 Å². The first-order chi connectivity index (χ1) is 18.4. The van der Waals surface area contributed by atoms with Crippen molar-refractivity contribution in [1.29, 1.82) is 0 Å². The fourth-order valence-corrected chi connectivity index (χ4v) is 3.79. The second-order valence-corrected chi connectivity index (χ2v) is 7.88. The van der Waals surface area contributed by atoms with Crippen molar-refractivity contribution in [3.05, 3.63) is 65.2 Å². The zero-order valence-electron chi connectivity index (χ0n) is 22.3. The van der Waals surface area contributed by atoms with Crippen LogP contribution in [0.3, 0.4) is 0 Å². The fraction of sp³-hybridized carbons (Fsp3) is 0.207. The minimum absolute atomic E-state index is 0.367. The first-order valence-electron chi connectivity index (χ1n) is 11.5. The molecule has 3 aromatic rings. The number of amides is 1. The van der Waals surface area contributed by atoms with Crippen LogP contribution >= 0.6 is 0 Å². The zero-order chi connectivity index (χ0) is 27.7. The average molecular weight is 521 g/mol. The molecule has 0 saturated carbocycles. The lowest BCUT2D eigenvalue weighted by molar-refractivity contribution is -0.111. The highest BCUT2D eigenvalue weighted by Gasteiger charge is 2.16. The lowest BCUT2D eigenvalue weighted by Crippen LogP contribution is -2.11. The van der Waals surface area contributed by atoms with Gasteiger partial charge in [0.2, 0.25) is 11.7 Å². The van der Waals surface area contributed by atoms with Gasteiger partial charge in [-0.2, -0.15) is 0 Å². The van der Waals surface area contributed by atoms with Gasteiger partial charge in [-0.3, -0.25) is 4.79 Å². The Morgan fingerprint density at radius 2 is 1.26 bits per heavy atom. The van der Waals surface area contributed by atoms with Crippen LogP contribution in [0, 0.1) is 0 Å². The number of hydrogen-bond donors (Lipinski definition) is 2. The number of ether oxygens (including phenoxy) is 6. The van der Waals surface area contributed by atoms with Crippen LogP contribution in [0.1, 0.15) is 16.7 Å². The maximum absolute atomic E-state index is 12.9. The Balaban J connectivity index is 1.95. The van der Waals surface area contributed by atoms with E-state index in [1.807, 2.05) is 30.4 Å². The number of anilines is 2. The smallest absolute Gasteiger partial charge is 0.248 e. The largest absolute Gasteiger partial charge is 0.495 e. The number of methoxy groups -OCH3 is 6. The highest BCUT2D eigenvalue weighted by molar-refractivity contribution is 6.05. The molecule has 0 fully saturated rings. The summed E-state index contributed by atoms with van der Waals surface area (Å²) in [7, 11) is 9.25. The fourth-order valence-electron chi connectivity index (χ4n) is 3.79. The standard InChI is InChI=1S/C29H32N2O7/c1-33-22-12-8-18(15-21(22)30)9-14-26(32)31-27-20(11-13-23(34-2)29(27)38-6)10-7-19-16-24(35-3)28(37-5)25(17-19)36-4/h7-17H,30H2,1-6H3,(H,31,32)/b10-7-,14-9-. The molecule has 9 nitrogen and oxygen atoms in total. The van der Waals surface area contributed by atoms with Crippen LogP contribution in [-0.4, -0.2) is 48.6 Å². The van der Waals surface area contributed by atoms with Crippen LogP contribution < -0.4 is 39.5 Å². The summed E-state index contributed by atoms with van der Waals surface area (Å²) in [5.41, 5.74) is 9.12. The molecule has 3 rings (SSSR count). The van der Waals surface area contributed by atoms with Gasteiger partial charge in [0.05, 0.1) is 54.0 Å². The van der Waals surface area contributed by atoms with E-state index < -0.39 is 0 Å². The number of nitrogen functional groups attached to an aromatic ring is 1. The molecule has 0 spiro atoms. The lowest BCUT2D eigenvalue weighted by Gasteiger charge is -2.16. The second-order valence-electron chi connectivity index (χ2n) is 7.88. The summed E-state index contributed by atoms with van der Waals surface area (Å²) < 4.78 is 32.5. The number of hydrogen-bond acceptors (Lipinski definition) is 8. The van der Waals surface area contributed by atoms with Gasteiger partial charge < -0.3 is 39.5 Å². The highest BCUT2D eigenvalue weighted by atomic mass is 16.5. The van der Waals surface area contributed by atoms with Crippen LogP contribution in [0.5, 0.6) is 34.5 Å². The third-order valence-electron chi connectivity index (χ3n) is 5.65. The molecule has 1 amide bonds. The molecule has 3 N–H and O–H groups in total. The maximum Gasteiger partial charge on any atom is 0.248 e. The van der Waals surface area contributed by atoms with Gasteiger partial charge >= 0.3 is 0 Å². The molecule has 9 heteroatoms. The summed E-state index contributed by atoms with van der Waals surface area (Å²) in [6.45, 7) is 0. The van der Waals surface area contributed by atoms with E-state index in [4.69, 9.17) is 34.2 Å². The molecule has 0 aliphatic heterocycles. The van der Waals surface area contributed by atoms with Gasteiger partial charge in [-0.05, 0) is 53.6 Å². The van der Waals surface area contributed by atoms with Gasteiger partial charge in [-0.25, -0.2) is 0 Å². The molecule has 38 heavy (non-hydrogen) atoms. The third kappa shape index (κ3) is 6.31. The summed E-state index contributed by atoms with van der Waals surface area (Å²) in [6.07, 6.45) is 6.76. The molecule has 0 unspecified atom stereocenters. The Morgan fingerprint density at radius 1 is 0.658 bits per heavy atom. The van der Waals surface area contributed by atoms with Gasteiger partial charge in [-0.1, -0.05) is 18.2 Å². The molecule has 0 atom stereocenters. The van der Waals surface area contributed by atoms with Crippen molar-refractivity contribution in [3.63, 3.8) is 0 Å². The van der Waals surface area contributed by atoms with Crippen LogP contribution in [0.4, 0.5) is 11.4 Å². The Labute approximate surface area is 222 Å².